The number of unbranched alkanes of at least 4 members (excludes halogenated alkanes) is 3. The van der Waals surface area contributed by atoms with Gasteiger partial charge in [-0.25, -0.2) is 4.79 Å². The molecular formula is C28H42O4. The molecule has 2 saturated carbocycles. The lowest BCUT2D eigenvalue weighted by molar-refractivity contribution is -0.168. The van der Waals surface area contributed by atoms with E-state index in [1.54, 1.807) is 6.08 Å². The second kappa shape index (κ2) is 11.8. The van der Waals surface area contributed by atoms with Crippen LogP contribution < -0.4 is 0 Å². The van der Waals surface area contributed by atoms with Gasteiger partial charge in [-0.3, -0.25) is 4.79 Å². The molecule has 2 rings (SSSR count). The molecule has 0 bridgehead atoms. The van der Waals surface area contributed by atoms with Crippen molar-refractivity contribution in [2.24, 2.45) is 23.2 Å². The monoisotopic (exact) mass is 442 g/mol. The lowest BCUT2D eigenvalue weighted by Gasteiger charge is -2.54. The number of hydrogen-bond donors (Lipinski definition) is 1. The van der Waals surface area contributed by atoms with Crippen LogP contribution in [0.25, 0.3) is 0 Å². The number of esters is 1. The van der Waals surface area contributed by atoms with Gasteiger partial charge in [-0.1, -0.05) is 75.6 Å². The predicted molar refractivity (Wildman–Crippen MR) is 130 cm³/mol. The minimum absolute atomic E-state index is 0.0280. The number of carbonyl (C=O) groups excluding carboxylic acids is 2. The number of fused-ring (bicyclic) bond motifs is 1. The number of ketones is 1. The number of rotatable bonds is 9. The highest BCUT2D eigenvalue weighted by molar-refractivity contribution is 5.88. The van der Waals surface area contributed by atoms with E-state index in [0.717, 1.165) is 17.6 Å². The Morgan fingerprint density at radius 2 is 1.97 bits per heavy atom. The van der Waals surface area contributed by atoms with Gasteiger partial charge in [-0.15, -0.1) is 0 Å². The fourth-order valence-corrected chi connectivity index (χ4v) is 5.35. The zero-order valence-corrected chi connectivity index (χ0v) is 20.6. The van der Waals surface area contributed by atoms with E-state index in [0.29, 0.717) is 19.3 Å². The molecule has 2 fully saturated rings. The molecule has 4 nitrogen and oxygen atoms in total. The van der Waals surface area contributed by atoms with E-state index in [-0.39, 0.29) is 41.0 Å². The first-order chi connectivity index (χ1) is 15.1. The van der Waals surface area contributed by atoms with Crippen LogP contribution >= 0.6 is 0 Å². The second-order valence-electron chi connectivity index (χ2n) is 10.1. The molecular weight excluding hydrogens is 400 g/mol. The summed E-state index contributed by atoms with van der Waals surface area (Å²) >= 11 is 0. The maximum absolute atomic E-state index is 12.9. The standard InChI is InChI=1S/C28H42O4/c1-7-8-9-10-11-13-20(4)14-12-15-25(29)32-24-17-16-23-27(31)26(30)22(19(2)3)18-28(23,6)21(24)5/h11-15,21-24,26,30H,2,7-10,16-18H2,1,3-6H3. The summed E-state index contributed by atoms with van der Waals surface area (Å²) in [5.74, 6) is -0.822. The van der Waals surface area contributed by atoms with Crippen molar-refractivity contribution in [3.63, 3.8) is 0 Å². The van der Waals surface area contributed by atoms with Crippen molar-refractivity contribution < 1.29 is 19.4 Å². The highest BCUT2D eigenvalue weighted by atomic mass is 16.5. The molecule has 0 saturated heterocycles. The third kappa shape index (κ3) is 6.31. The minimum atomic E-state index is -0.962. The van der Waals surface area contributed by atoms with E-state index in [1.807, 2.05) is 19.9 Å². The average molecular weight is 443 g/mol. The number of carbonyl (C=O) groups is 2. The van der Waals surface area contributed by atoms with Crippen LogP contribution in [0.2, 0.25) is 0 Å². The molecule has 32 heavy (non-hydrogen) atoms. The lowest BCUT2D eigenvalue weighted by Crippen LogP contribution is -2.57. The van der Waals surface area contributed by atoms with Crippen molar-refractivity contribution in [1.82, 2.24) is 0 Å². The van der Waals surface area contributed by atoms with Gasteiger partial charge in [0.2, 0.25) is 0 Å². The van der Waals surface area contributed by atoms with Crippen LogP contribution in [-0.4, -0.2) is 29.1 Å². The summed E-state index contributed by atoms with van der Waals surface area (Å²) in [6.07, 6.45) is 14.9. The van der Waals surface area contributed by atoms with Gasteiger partial charge in [-0.2, -0.15) is 0 Å². The molecule has 2 aliphatic rings. The third-order valence-corrected chi connectivity index (χ3v) is 7.66. The van der Waals surface area contributed by atoms with Gasteiger partial charge < -0.3 is 9.84 Å². The summed E-state index contributed by atoms with van der Waals surface area (Å²) in [7, 11) is 0. The number of Topliss-reactive ketones (excluding diaryl/α,β-unsaturated/α-hetero) is 1. The van der Waals surface area contributed by atoms with E-state index in [2.05, 4.69) is 39.5 Å². The molecule has 0 aliphatic heterocycles. The highest BCUT2D eigenvalue weighted by Crippen LogP contribution is 2.55. The number of aliphatic hydroxyl groups is 1. The van der Waals surface area contributed by atoms with Gasteiger partial charge in [-0.05, 0) is 57.3 Å². The maximum Gasteiger partial charge on any atom is 0.331 e. The van der Waals surface area contributed by atoms with Crippen molar-refractivity contribution in [3.8, 4) is 0 Å². The summed E-state index contributed by atoms with van der Waals surface area (Å²) in [5, 5.41) is 10.5. The molecule has 6 atom stereocenters. The molecule has 0 radical (unpaired) electrons. The number of aliphatic hydroxyl groups excluding tert-OH is 1. The molecule has 4 heteroatoms. The number of allylic oxidation sites excluding steroid dienone is 5. The van der Waals surface area contributed by atoms with Gasteiger partial charge in [0.1, 0.15) is 12.2 Å². The Morgan fingerprint density at radius 3 is 2.62 bits per heavy atom. The quantitative estimate of drug-likeness (QED) is 0.154. The lowest BCUT2D eigenvalue weighted by atomic mass is 9.51. The summed E-state index contributed by atoms with van der Waals surface area (Å²) in [5.41, 5.74) is 1.62. The molecule has 178 valence electrons. The molecule has 2 aliphatic carbocycles. The van der Waals surface area contributed by atoms with Gasteiger partial charge in [0.05, 0.1) is 0 Å². The van der Waals surface area contributed by atoms with Gasteiger partial charge in [0.25, 0.3) is 0 Å². The Balaban J connectivity index is 1.97. The molecule has 1 N–H and O–H groups in total. The number of ether oxygens (including phenoxy) is 1. The first-order valence-corrected chi connectivity index (χ1v) is 12.2. The first kappa shape index (κ1) is 26.3. The van der Waals surface area contributed by atoms with Crippen LogP contribution in [0.4, 0.5) is 0 Å². The van der Waals surface area contributed by atoms with Crippen molar-refractivity contribution in [2.45, 2.75) is 91.8 Å². The van der Waals surface area contributed by atoms with E-state index < -0.39 is 6.10 Å². The van der Waals surface area contributed by atoms with Gasteiger partial charge in [0, 0.05) is 17.9 Å². The Labute approximate surface area is 194 Å². The summed E-state index contributed by atoms with van der Waals surface area (Å²) in [6.45, 7) is 14.3. The Hall–Kier alpha value is -1.94. The minimum Gasteiger partial charge on any atom is -0.459 e. The number of hydrogen-bond acceptors (Lipinski definition) is 4. The normalized spacial score (nSPS) is 33.5. The smallest absolute Gasteiger partial charge is 0.331 e. The molecule has 0 heterocycles. The van der Waals surface area contributed by atoms with Crippen LogP contribution in [0.5, 0.6) is 0 Å². The van der Waals surface area contributed by atoms with Crippen molar-refractivity contribution in [1.29, 1.82) is 0 Å². The van der Waals surface area contributed by atoms with E-state index in [1.165, 1.54) is 25.3 Å². The largest absolute Gasteiger partial charge is 0.459 e. The van der Waals surface area contributed by atoms with Crippen LogP contribution in [0, 0.1) is 23.2 Å². The summed E-state index contributed by atoms with van der Waals surface area (Å²) < 4.78 is 5.81. The van der Waals surface area contributed by atoms with Crippen LogP contribution in [-0.2, 0) is 14.3 Å². The molecule has 0 aromatic carbocycles. The van der Waals surface area contributed by atoms with Gasteiger partial charge in [0.15, 0.2) is 5.78 Å². The zero-order chi connectivity index (χ0) is 23.9. The van der Waals surface area contributed by atoms with Crippen molar-refractivity contribution in [3.05, 3.63) is 48.1 Å². The predicted octanol–water partition coefficient (Wildman–Crippen LogP) is 6.12. The van der Waals surface area contributed by atoms with Crippen molar-refractivity contribution in [2.75, 3.05) is 0 Å². The van der Waals surface area contributed by atoms with E-state index >= 15 is 0 Å². The fourth-order valence-electron chi connectivity index (χ4n) is 5.35. The fraction of sp³-hybridized carbons (Fsp3) is 0.643. The first-order valence-electron chi connectivity index (χ1n) is 12.2. The molecule has 0 aromatic heterocycles. The van der Waals surface area contributed by atoms with E-state index in [9.17, 15) is 14.7 Å². The molecule has 0 amide bonds. The Morgan fingerprint density at radius 1 is 1.25 bits per heavy atom. The van der Waals surface area contributed by atoms with E-state index in [4.69, 9.17) is 4.74 Å². The zero-order valence-electron chi connectivity index (χ0n) is 20.6. The van der Waals surface area contributed by atoms with Crippen LogP contribution in [0.3, 0.4) is 0 Å². The highest BCUT2D eigenvalue weighted by Gasteiger charge is 2.56. The third-order valence-electron chi connectivity index (χ3n) is 7.66. The maximum atomic E-state index is 12.9. The van der Waals surface area contributed by atoms with Crippen LogP contribution in [0.15, 0.2) is 48.1 Å². The van der Waals surface area contributed by atoms with Crippen molar-refractivity contribution >= 4 is 11.8 Å². The Kier molecular flexibility index (Phi) is 9.69. The topological polar surface area (TPSA) is 63.6 Å². The second-order valence-corrected chi connectivity index (χ2v) is 10.1. The summed E-state index contributed by atoms with van der Waals surface area (Å²) in [4.78, 5) is 25.3. The SMILES string of the molecule is C=C(C)C1CC2(C)C(CCC(OC(=O)C=CC=C(C)C=CCCCCC)C2C)C(=O)C1O. The Bertz CT molecular complexity index is 774. The molecule has 6 unspecified atom stereocenters. The summed E-state index contributed by atoms with van der Waals surface area (Å²) in [6, 6.07) is 0. The van der Waals surface area contributed by atoms with Crippen LogP contribution in [0.1, 0.15) is 79.6 Å². The van der Waals surface area contributed by atoms with Gasteiger partial charge >= 0.3 is 5.97 Å². The molecule has 0 spiro atoms. The average Bonchev–Trinajstić information content (AvgIpc) is 2.73. The molecule has 0 aromatic rings.